The Balaban J connectivity index is 2.22. The summed E-state index contributed by atoms with van der Waals surface area (Å²) in [7, 11) is 0. The first-order valence-electron chi connectivity index (χ1n) is 5.95. The van der Waals surface area contributed by atoms with Crippen molar-refractivity contribution in [1.82, 2.24) is 0 Å². The highest BCUT2D eigenvalue weighted by Crippen LogP contribution is 2.17. The molecule has 0 aliphatic rings. The highest BCUT2D eigenvalue weighted by atomic mass is 19.1. The van der Waals surface area contributed by atoms with Gasteiger partial charge in [0.15, 0.2) is 5.78 Å². The fraction of sp³-hybridized carbons (Fsp3) is 0.0667. The Morgan fingerprint density at radius 3 is 2.43 bits per heavy atom. The zero-order valence-electron chi connectivity index (χ0n) is 10.7. The maximum atomic E-state index is 12.8. The van der Waals surface area contributed by atoms with Crippen LogP contribution in [0.25, 0.3) is 0 Å². The molecule has 0 unspecified atom stereocenters. The Morgan fingerprint density at radius 2 is 1.81 bits per heavy atom. The number of ketones is 1. The smallest absolute Gasteiger partial charge is 0.371 e. The maximum absolute atomic E-state index is 12.8. The molecule has 0 aliphatic heterocycles. The molecule has 0 saturated carbocycles. The van der Waals surface area contributed by atoms with Crippen molar-refractivity contribution in [3.05, 3.63) is 71.1 Å². The van der Waals surface area contributed by atoms with Gasteiger partial charge >= 0.3 is 5.97 Å². The first kappa shape index (κ1) is 14.5. The van der Waals surface area contributed by atoms with Crippen LogP contribution < -0.4 is 0 Å². The van der Waals surface area contributed by atoms with Gasteiger partial charge in [0.05, 0.1) is 11.8 Å². The zero-order chi connectivity index (χ0) is 15.4. The summed E-state index contributed by atoms with van der Waals surface area (Å²) in [6.45, 7) is 0. The lowest BCUT2D eigenvalue weighted by Gasteiger charge is -2.01. The third-order valence-corrected chi connectivity index (χ3v) is 2.80. The van der Waals surface area contributed by atoms with Crippen LogP contribution in [0.4, 0.5) is 4.39 Å². The number of allylic oxidation sites excluding steroid dienone is 1. The SMILES string of the molecule is O=C(O)/C(O)=C/C(=O)c1cocc1Cc1ccc(F)cc1. The summed E-state index contributed by atoms with van der Waals surface area (Å²) in [5.41, 5.74) is 1.42. The molecule has 0 saturated heterocycles. The van der Waals surface area contributed by atoms with E-state index in [1.165, 1.54) is 24.7 Å². The summed E-state index contributed by atoms with van der Waals surface area (Å²) in [4.78, 5) is 22.3. The number of carboxylic acids is 1. The number of furan rings is 1. The minimum atomic E-state index is -1.59. The van der Waals surface area contributed by atoms with Crippen LogP contribution in [0.2, 0.25) is 0 Å². The number of carbonyl (C=O) groups is 2. The third-order valence-electron chi connectivity index (χ3n) is 2.80. The normalized spacial score (nSPS) is 11.4. The molecule has 2 aromatic rings. The molecule has 1 aromatic heterocycles. The number of rotatable bonds is 5. The minimum Gasteiger partial charge on any atom is -0.502 e. The van der Waals surface area contributed by atoms with Crippen LogP contribution in [0.1, 0.15) is 21.5 Å². The molecule has 5 nitrogen and oxygen atoms in total. The Hall–Kier alpha value is -2.89. The molecule has 0 fully saturated rings. The molecule has 108 valence electrons. The van der Waals surface area contributed by atoms with E-state index < -0.39 is 17.5 Å². The summed E-state index contributed by atoms with van der Waals surface area (Å²) >= 11 is 0. The van der Waals surface area contributed by atoms with Gasteiger partial charge in [-0.15, -0.1) is 0 Å². The van der Waals surface area contributed by atoms with Gasteiger partial charge in [-0.25, -0.2) is 9.18 Å². The number of aliphatic carboxylic acids is 1. The van der Waals surface area contributed by atoms with E-state index in [4.69, 9.17) is 14.6 Å². The Morgan fingerprint density at radius 1 is 1.14 bits per heavy atom. The van der Waals surface area contributed by atoms with E-state index in [0.717, 1.165) is 5.56 Å². The van der Waals surface area contributed by atoms with Crippen molar-refractivity contribution in [3.63, 3.8) is 0 Å². The molecule has 0 atom stereocenters. The van der Waals surface area contributed by atoms with E-state index in [1.54, 1.807) is 12.1 Å². The van der Waals surface area contributed by atoms with Gasteiger partial charge in [0.2, 0.25) is 5.76 Å². The number of carbonyl (C=O) groups excluding carboxylic acids is 1. The second kappa shape index (κ2) is 6.04. The molecule has 6 heteroatoms. The average molecular weight is 290 g/mol. The quantitative estimate of drug-likeness (QED) is 0.502. The zero-order valence-corrected chi connectivity index (χ0v) is 10.7. The van der Waals surface area contributed by atoms with Crippen molar-refractivity contribution >= 4 is 11.8 Å². The number of hydrogen-bond donors (Lipinski definition) is 2. The van der Waals surface area contributed by atoms with Crippen molar-refractivity contribution < 1.29 is 28.6 Å². The number of aliphatic hydroxyl groups excluding tert-OH is 1. The highest BCUT2D eigenvalue weighted by molar-refractivity contribution is 6.08. The lowest BCUT2D eigenvalue weighted by atomic mass is 10.0. The van der Waals surface area contributed by atoms with Crippen LogP contribution in [0, 0.1) is 5.82 Å². The molecule has 1 heterocycles. The van der Waals surface area contributed by atoms with E-state index in [0.29, 0.717) is 18.1 Å². The molecular weight excluding hydrogens is 279 g/mol. The Kier molecular flexibility index (Phi) is 4.18. The van der Waals surface area contributed by atoms with Gasteiger partial charge in [0.25, 0.3) is 0 Å². The monoisotopic (exact) mass is 290 g/mol. The van der Waals surface area contributed by atoms with Gasteiger partial charge in [-0.1, -0.05) is 12.1 Å². The van der Waals surface area contributed by atoms with Crippen molar-refractivity contribution in [3.8, 4) is 0 Å². The summed E-state index contributed by atoms with van der Waals surface area (Å²) in [6, 6.07) is 5.74. The van der Waals surface area contributed by atoms with Gasteiger partial charge in [-0.2, -0.15) is 0 Å². The van der Waals surface area contributed by atoms with Crippen LogP contribution in [0.5, 0.6) is 0 Å². The topological polar surface area (TPSA) is 87.7 Å². The Labute approximate surface area is 118 Å². The van der Waals surface area contributed by atoms with Gasteiger partial charge in [0.1, 0.15) is 12.1 Å². The number of carboxylic acid groups (broad SMARTS) is 1. The Bertz CT molecular complexity index is 697. The maximum Gasteiger partial charge on any atom is 0.371 e. The van der Waals surface area contributed by atoms with Crippen molar-refractivity contribution in [2.75, 3.05) is 0 Å². The molecule has 1 aromatic carbocycles. The minimum absolute atomic E-state index is 0.145. The predicted molar refractivity (Wildman–Crippen MR) is 70.6 cm³/mol. The third kappa shape index (κ3) is 3.56. The highest BCUT2D eigenvalue weighted by Gasteiger charge is 2.15. The molecule has 0 aliphatic carbocycles. The first-order chi connectivity index (χ1) is 9.97. The number of aliphatic hydroxyl groups is 1. The van der Waals surface area contributed by atoms with Crippen LogP contribution in [-0.4, -0.2) is 22.0 Å². The molecule has 0 amide bonds. The van der Waals surface area contributed by atoms with Gasteiger partial charge < -0.3 is 14.6 Å². The summed E-state index contributed by atoms with van der Waals surface area (Å²) in [5.74, 6) is -3.68. The van der Waals surface area contributed by atoms with Crippen molar-refractivity contribution in [2.24, 2.45) is 0 Å². The molecule has 0 radical (unpaired) electrons. The molecule has 2 N–H and O–H groups in total. The predicted octanol–water partition coefficient (Wildman–Crippen LogP) is 2.72. The fourth-order valence-corrected chi connectivity index (χ4v) is 1.76. The van der Waals surface area contributed by atoms with Crippen LogP contribution >= 0.6 is 0 Å². The van der Waals surface area contributed by atoms with Crippen LogP contribution in [0.15, 0.2) is 53.0 Å². The second-order valence-electron chi connectivity index (χ2n) is 4.31. The van der Waals surface area contributed by atoms with E-state index in [2.05, 4.69) is 0 Å². The molecule has 21 heavy (non-hydrogen) atoms. The van der Waals surface area contributed by atoms with Crippen molar-refractivity contribution in [2.45, 2.75) is 6.42 Å². The first-order valence-corrected chi connectivity index (χ1v) is 5.95. The number of halogens is 1. The molecule has 2 rings (SSSR count). The lowest BCUT2D eigenvalue weighted by molar-refractivity contribution is -0.135. The molecule has 0 spiro atoms. The van der Waals surface area contributed by atoms with E-state index in [9.17, 15) is 14.0 Å². The van der Waals surface area contributed by atoms with E-state index in [1.807, 2.05) is 0 Å². The average Bonchev–Trinajstić information content (AvgIpc) is 2.89. The number of benzene rings is 1. The van der Waals surface area contributed by atoms with Crippen molar-refractivity contribution in [1.29, 1.82) is 0 Å². The largest absolute Gasteiger partial charge is 0.502 e. The fourth-order valence-electron chi connectivity index (χ4n) is 1.76. The van der Waals surface area contributed by atoms with Crippen LogP contribution in [-0.2, 0) is 11.2 Å². The van der Waals surface area contributed by atoms with Gasteiger partial charge in [-0.05, 0) is 17.7 Å². The number of hydrogen-bond acceptors (Lipinski definition) is 4. The standard InChI is InChI=1S/C15H11FO5/c16-11-3-1-9(2-4-11)5-10-7-21-8-12(10)13(17)6-14(18)15(19)20/h1-4,6-8,18H,5H2,(H,19,20)/b14-6-. The lowest BCUT2D eigenvalue weighted by Crippen LogP contribution is -2.05. The van der Waals surface area contributed by atoms with Gasteiger partial charge in [0, 0.05) is 18.1 Å². The second-order valence-corrected chi connectivity index (χ2v) is 4.31. The van der Waals surface area contributed by atoms with Gasteiger partial charge in [-0.3, -0.25) is 4.79 Å². The van der Waals surface area contributed by atoms with Crippen LogP contribution in [0.3, 0.4) is 0 Å². The van der Waals surface area contributed by atoms with E-state index in [-0.39, 0.29) is 11.4 Å². The summed E-state index contributed by atoms with van der Waals surface area (Å²) < 4.78 is 17.8. The summed E-state index contributed by atoms with van der Waals surface area (Å²) in [5, 5.41) is 17.6. The molecular formula is C15H11FO5. The summed E-state index contributed by atoms with van der Waals surface area (Å²) in [6.07, 6.45) is 3.45. The molecule has 0 bridgehead atoms. The van der Waals surface area contributed by atoms with E-state index >= 15 is 0 Å².